The molecule has 0 aromatic carbocycles. The summed E-state index contributed by atoms with van der Waals surface area (Å²) in [5.41, 5.74) is 2.01. The molecule has 1 atom stereocenters. The predicted octanol–water partition coefficient (Wildman–Crippen LogP) is 1.98. The summed E-state index contributed by atoms with van der Waals surface area (Å²) in [5, 5.41) is 12.5. The quantitative estimate of drug-likeness (QED) is 0.703. The summed E-state index contributed by atoms with van der Waals surface area (Å²) >= 11 is 1.37. The Morgan fingerprint density at radius 3 is 2.96 bits per heavy atom. The molecule has 1 unspecified atom stereocenters. The van der Waals surface area contributed by atoms with E-state index in [-0.39, 0.29) is 17.7 Å². The fraction of sp³-hybridized carbons (Fsp3) is 0.278. The third-order valence-electron chi connectivity index (χ3n) is 4.55. The van der Waals surface area contributed by atoms with Crippen molar-refractivity contribution in [2.24, 2.45) is 5.92 Å². The minimum absolute atomic E-state index is 0.135. The number of nitrogens with one attached hydrogen (secondary N) is 2. The van der Waals surface area contributed by atoms with Crippen molar-refractivity contribution in [3.63, 3.8) is 0 Å². The molecule has 3 aromatic rings. The number of aromatic nitrogens is 4. The fourth-order valence-corrected chi connectivity index (χ4v) is 3.67. The number of carbonyl (C=O) groups is 2. The number of fused-ring (bicyclic) bond motifs is 1. The predicted molar refractivity (Wildman–Crippen MR) is 101 cm³/mol. The molecule has 0 bridgehead atoms. The summed E-state index contributed by atoms with van der Waals surface area (Å²) in [6.07, 6.45) is 8.02. The second kappa shape index (κ2) is 7.67. The molecule has 3 aromatic heterocycles. The van der Waals surface area contributed by atoms with Crippen LogP contribution in [0.5, 0.6) is 0 Å². The second-order valence-electron chi connectivity index (χ2n) is 6.33. The van der Waals surface area contributed by atoms with E-state index in [0.717, 1.165) is 18.7 Å². The Balaban J connectivity index is 1.40. The van der Waals surface area contributed by atoms with Gasteiger partial charge < -0.3 is 5.32 Å². The summed E-state index contributed by atoms with van der Waals surface area (Å²) < 4.78 is 1.87. The zero-order valence-corrected chi connectivity index (χ0v) is 15.3. The molecular weight excluding hydrogens is 364 g/mol. The summed E-state index contributed by atoms with van der Waals surface area (Å²) in [7, 11) is 0. The van der Waals surface area contributed by atoms with E-state index in [1.54, 1.807) is 36.9 Å². The molecule has 0 fully saturated rings. The van der Waals surface area contributed by atoms with Gasteiger partial charge in [0.15, 0.2) is 5.13 Å². The van der Waals surface area contributed by atoms with Crippen molar-refractivity contribution in [2.45, 2.75) is 19.4 Å². The fourth-order valence-electron chi connectivity index (χ4n) is 3.15. The number of hydrogen-bond acceptors (Lipinski definition) is 6. The molecule has 1 aliphatic heterocycles. The van der Waals surface area contributed by atoms with Crippen LogP contribution in [0, 0.1) is 5.92 Å². The third-order valence-corrected chi connectivity index (χ3v) is 5.24. The lowest BCUT2D eigenvalue weighted by Gasteiger charge is -2.24. The van der Waals surface area contributed by atoms with Gasteiger partial charge in [0.1, 0.15) is 0 Å². The summed E-state index contributed by atoms with van der Waals surface area (Å²) in [5.74, 6) is -0.0867. The Morgan fingerprint density at radius 1 is 1.26 bits per heavy atom. The summed E-state index contributed by atoms with van der Waals surface area (Å²) in [4.78, 5) is 32.8. The molecule has 2 N–H and O–H groups in total. The molecule has 9 heteroatoms. The number of aryl methyl sites for hydroxylation is 1. The maximum Gasteiger partial charge on any atom is 0.260 e. The van der Waals surface area contributed by atoms with Crippen LogP contribution in [0.2, 0.25) is 0 Å². The van der Waals surface area contributed by atoms with Crippen LogP contribution in [-0.2, 0) is 13.0 Å². The van der Waals surface area contributed by atoms with E-state index < -0.39 is 0 Å². The van der Waals surface area contributed by atoms with E-state index in [1.165, 1.54) is 11.3 Å². The maximum atomic E-state index is 12.5. The minimum Gasteiger partial charge on any atom is -0.352 e. The lowest BCUT2D eigenvalue weighted by Crippen LogP contribution is -2.33. The Kier molecular flexibility index (Phi) is 4.93. The van der Waals surface area contributed by atoms with Crippen LogP contribution in [0.3, 0.4) is 0 Å². The van der Waals surface area contributed by atoms with E-state index in [0.29, 0.717) is 29.2 Å². The van der Waals surface area contributed by atoms with Crippen LogP contribution in [0.1, 0.15) is 32.8 Å². The van der Waals surface area contributed by atoms with E-state index in [1.807, 2.05) is 10.1 Å². The van der Waals surface area contributed by atoms with E-state index in [9.17, 15) is 9.59 Å². The Labute approximate surface area is 159 Å². The highest BCUT2D eigenvalue weighted by molar-refractivity contribution is 7.13. The van der Waals surface area contributed by atoms with Crippen molar-refractivity contribution < 1.29 is 9.59 Å². The van der Waals surface area contributed by atoms with Gasteiger partial charge in [-0.25, -0.2) is 4.98 Å². The molecule has 0 saturated heterocycles. The molecule has 0 aliphatic carbocycles. The number of nitrogens with zero attached hydrogens (tertiary/aromatic N) is 4. The highest BCUT2D eigenvalue weighted by atomic mass is 32.1. The topological polar surface area (TPSA) is 102 Å². The average Bonchev–Trinajstić information content (AvgIpc) is 3.36. The van der Waals surface area contributed by atoms with Crippen LogP contribution in [0.15, 0.2) is 42.3 Å². The normalized spacial score (nSPS) is 15.8. The number of carbonyl (C=O) groups excluding carboxylic acids is 2. The van der Waals surface area contributed by atoms with Crippen molar-refractivity contribution in [3.05, 3.63) is 59.1 Å². The van der Waals surface area contributed by atoms with Gasteiger partial charge in [0.2, 0.25) is 0 Å². The van der Waals surface area contributed by atoms with Crippen molar-refractivity contribution in [2.75, 3.05) is 11.9 Å². The van der Waals surface area contributed by atoms with Gasteiger partial charge in [0.25, 0.3) is 11.8 Å². The van der Waals surface area contributed by atoms with Gasteiger partial charge in [-0.05, 0) is 30.9 Å². The minimum atomic E-state index is -0.203. The van der Waals surface area contributed by atoms with Crippen LogP contribution in [-0.4, -0.2) is 38.1 Å². The zero-order chi connectivity index (χ0) is 18.6. The largest absolute Gasteiger partial charge is 0.352 e. The zero-order valence-electron chi connectivity index (χ0n) is 14.5. The number of pyridine rings is 1. The van der Waals surface area contributed by atoms with Crippen molar-refractivity contribution in [1.29, 1.82) is 0 Å². The molecule has 4 heterocycles. The molecule has 27 heavy (non-hydrogen) atoms. The molecule has 4 rings (SSSR count). The van der Waals surface area contributed by atoms with Gasteiger partial charge in [-0.15, -0.1) is 11.3 Å². The number of rotatable bonds is 5. The molecule has 138 valence electrons. The van der Waals surface area contributed by atoms with E-state index in [4.69, 9.17) is 0 Å². The van der Waals surface area contributed by atoms with Crippen LogP contribution < -0.4 is 10.6 Å². The van der Waals surface area contributed by atoms with Crippen LogP contribution in [0.25, 0.3) is 0 Å². The maximum absolute atomic E-state index is 12.5. The van der Waals surface area contributed by atoms with Crippen LogP contribution >= 0.6 is 11.3 Å². The molecule has 0 saturated carbocycles. The molecule has 0 radical (unpaired) electrons. The lowest BCUT2D eigenvalue weighted by atomic mass is 9.94. The highest BCUT2D eigenvalue weighted by Crippen LogP contribution is 2.24. The van der Waals surface area contributed by atoms with Gasteiger partial charge in [-0.3, -0.25) is 24.6 Å². The first-order chi connectivity index (χ1) is 13.2. The molecule has 8 nitrogen and oxygen atoms in total. The Bertz CT molecular complexity index is 938. The number of hydrogen-bond donors (Lipinski definition) is 2. The van der Waals surface area contributed by atoms with Gasteiger partial charge in [0.05, 0.1) is 23.0 Å². The second-order valence-corrected chi connectivity index (χ2v) is 7.22. The number of thiazole rings is 1. The van der Waals surface area contributed by atoms with Gasteiger partial charge in [-0.1, -0.05) is 0 Å². The van der Waals surface area contributed by atoms with Crippen molar-refractivity contribution in [3.8, 4) is 0 Å². The first-order valence-corrected chi connectivity index (χ1v) is 9.52. The van der Waals surface area contributed by atoms with Gasteiger partial charge in [-0.2, -0.15) is 5.10 Å². The molecule has 2 amide bonds. The summed E-state index contributed by atoms with van der Waals surface area (Å²) in [6.45, 7) is 1.28. The Morgan fingerprint density at radius 2 is 2.19 bits per heavy atom. The van der Waals surface area contributed by atoms with Crippen molar-refractivity contribution >= 4 is 28.3 Å². The first-order valence-electron chi connectivity index (χ1n) is 8.64. The number of amides is 2. The smallest absolute Gasteiger partial charge is 0.260 e. The number of anilines is 1. The van der Waals surface area contributed by atoms with Crippen molar-refractivity contribution in [1.82, 2.24) is 25.1 Å². The summed E-state index contributed by atoms with van der Waals surface area (Å²) in [6, 6.07) is 3.47. The van der Waals surface area contributed by atoms with E-state index >= 15 is 0 Å². The van der Waals surface area contributed by atoms with E-state index in [2.05, 4.69) is 25.7 Å². The Hall–Kier alpha value is -3.07. The van der Waals surface area contributed by atoms with Gasteiger partial charge in [0, 0.05) is 37.1 Å². The lowest BCUT2D eigenvalue weighted by molar-refractivity contribution is 0.0942. The van der Waals surface area contributed by atoms with Crippen LogP contribution in [0.4, 0.5) is 5.13 Å². The standard InChI is InChI=1S/C18H18N6O2S/c25-16(13-2-1-4-19-10-13)21-9-12-3-6-24-15(8-12)14(11-22-24)17(26)23-18-20-5-7-27-18/h1-2,4-5,7,10-12H,3,6,8-9H2,(H,21,25)(H,20,23,26). The average molecular weight is 382 g/mol. The molecular formula is C18H18N6O2S. The monoisotopic (exact) mass is 382 g/mol. The first kappa shape index (κ1) is 17.3. The SMILES string of the molecule is O=C(NCC1CCn2ncc(C(=O)Nc3nccs3)c2C1)c1cccnc1. The molecule has 0 spiro atoms. The molecule has 1 aliphatic rings. The third kappa shape index (κ3) is 3.87. The van der Waals surface area contributed by atoms with Gasteiger partial charge >= 0.3 is 0 Å². The highest BCUT2D eigenvalue weighted by Gasteiger charge is 2.26.